The molecule has 0 spiro atoms. The highest BCUT2D eigenvalue weighted by atomic mass is 19.1. The van der Waals surface area contributed by atoms with Crippen molar-refractivity contribution in [1.82, 2.24) is 9.97 Å². The van der Waals surface area contributed by atoms with Crippen LogP contribution in [-0.2, 0) is 10.3 Å². The first-order valence-electron chi connectivity index (χ1n) is 6.90. The number of nitrogens with zero attached hydrogens (tertiary/aromatic N) is 1. The largest absolute Gasteiger partial charge is 0.363 e. The minimum atomic E-state index is -1.34. The van der Waals surface area contributed by atoms with Crippen LogP contribution in [0.2, 0.25) is 0 Å². The van der Waals surface area contributed by atoms with Gasteiger partial charge in [-0.05, 0) is 42.0 Å². The predicted octanol–water partition coefficient (Wildman–Crippen LogP) is 3.24. The lowest BCUT2D eigenvalue weighted by molar-refractivity contribution is -0.110. The van der Waals surface area contributed by atoms with Crippen molar-refractivity contribution < 1.29 is 13.6 Å². The van der Waals surface area contributed by atoms with Gasteiger partial charge in [-0.2, -0.15) is 0 Å². The molecule has 0 aliphatic rings. The van der Waals surface area contributed by atoms with E-state index < -0.39 is 11.4 Å². The summed E-state index contributed by atoms with van der Waals surface area (Å²) in [6, 6.07) is 11.1. The van der Waals surface area contributed by atoms with Gasteiger partial charge in [-0.1, -0.05) is 12.1 Å². The van der Waals surface area contributed by atoms with Crippen molar-refractivity contribution in [2.75, 3.05) is 5.32 Å². The van der Waals surface area contributed by atoms with Crippen molar-refractivity contribution in [3.8, 4) is 0 Å². The quantitative estimate of drug-likeness (QED) is 0.711. The number of imidazole rings is 1. The molecule has 1 atom stereocenters. The number of carbonyl (C=O) groups excluding carboxylic acids is 1. The number of benzene rings is 2. The maximum absolute atomic E-state index is 13.2. The summed E-state index contributed by atoms with van der Waals surface area (Å²) >= 11 is 0. The second-order valence-electron chi connectivity index (χ2n) is 5.00. The van der Waals surface area contributed by atoms with Crippen LogP contribution in [-0.4, -0.2) is 16.3 Å². The van der Waals surface area contributed by atoms with E-state index in [9.17, 15) is 13.6 Å². The Morgan fingerprint density at radius 3 is 2.13 bits per heavy atom. The van der Waals surface area contributed by atoms with Crippen molar-refractivity contribution in [2.45, 2.75) is 5.54 Å². The Balaban J connectivity index is 2.10. The molecule has 0 fully saturated rings. The summed E-state index contributed by atoms with van der Waals surface area (Å²) in [7, 11) is 0. The summed E-state index contributed by atoms with van der Waals surface area (Å²) in [4.78, 5) is 19.0. The molecule has 1 heterocycles. The molecule has 0 saturated heterocycles. The average Bonchev–Trinajstić information content (AvgIpc) is 3.10. The molecule has 0 bridgehead atoms. The minimum absolute atomic E-state index is 0.350. The fraction of sp³-hybridized carbons (Fsp3) is 0.0588. The van der Waals surface area contributed by atoms with Gasteiger partial charge in [0.1, 0.15) is 17.5 Å². The summed E-state index contributed by atoms with van der Waals surface area (Å²) in [5.41, 5.74) is -0.304. The maximum atomic E-state index is 13.2. The molecule has 1 unspecified atom stereocenters. The van der Waals surface area contributed by atoms with Crippen LogP contribution in [0.25, 0.3) is 0 Å². The lowest BCUT2D eigenvalue weighted by Gasteiger charge is -2.29. The number of aldehydes is 1. The Morgan fingerprint density at radius 1 is 1.00 bits per heavy atom. The van der Waals surface area contributed by atoms with E-state index in [0.717, 1.165) is 0 Å². The predicted molar refractivity (Wildman–Crippen MR) is 81.9 cm³/mol. The van der Waals surface area contributed by atoms with Crippen LogP contribution in [0.3, 0.4) is 0 Å². The Morgan fingerprint density at radius 2 is 1.61 bits per heavy atom. The average molecular weight is 313 g/mol. The van der Waals surface area contributed by atoms with Crippen molar-refractivity contribution in [3.63, 3.8) is 0 Å². The second-order valence-corrected chi connectivity index (χ2v) is 5.00. The molecular weight excluding hydrogens is 300 g/mol. The number of rotatable bonds is 5. The zero-order valence-corrected chi connectivity index (χ0v) is 12.0. The SMILES string of the molecule is O=CC(Nc1ccc(F)cc1)(c1ccc(F)cc1)c1ncc[nH]1. The number of aromatic amines is 1. The number of carbonyl (C=O) groups is 1. The van der Waals surface area contributed by atoms with E-state index in [1.807, 2.05) is 0 Å². The standard InChI is InChI=1S/C17H13F2N3O/c18-13-3-1-12(2-4-13)17(11-23,16-20-9-10-21-16)22-15-7-5-14(19)6-8-15/h1-11,22H,(H,20,21). The van der Waals surface area contributed by atoms with Gasteiger partial charge in [0.05, 0.1) is 0 Å². The minimum Gasteiger partial charge on any atom is -0.363 e. The highest BCUT2D eigenvalue weighted by Gasteiger charge is 2.37. The molecule has 2 N–H and O–H groups in total. The van der Waals surface area contributed by atoms with Gasteiger partial charge in [-0.25, -0.2) is 13.8 Å². The second kappa shape index (κ2) is 6.00. The summed E-state index contributed by atoms with van der Waals surface area (Å²) < 4.78 is 26.3. The number of H-pyrrole nitrogens is 1. The third kappa shape index (κ3) is 2.83. The van der Waals surface area contributed by atoms with Gasteiger partial charge in [0.15, 0.2) is 11.8 Å². The van der Waals surface area contributed by atoms with Crippen molar-refractivity contribution >= 4 is 12.0 Å². The van der Waals surface area contributed by atoms with Gasteiger partial charge >= 0.3 is 0 Å². The van der Waals surface area contributed by atoms with Gasteiger partial charge in [0, 0.05) is 18.1 Å². The number of anilines is 1. The van der Waals surface area contributed by atoms with Crippen LogP contribution in [0.4, 0.5) is 14.5 Å². The summed E-state index contributed by atoms with van der Waals surface area (Å²) in [6.07, 6.45) is 3.79. The molecule has 6 heteroatoms. The molecule has 4 nitrogen and oxygen atoms in total. The Kier molecular flexibility index (Phi) is 3.89. The van der Waals surface area contributed by atoms with Crippen LogP contribution in [0.5, 0.6) is 0 Å². The molecule has 2 aromatic carbocycles. The van der Waals surface area contributed by atoms with E-state index in [4.69, 9.17) is 0 Å². The fourth-order valence-electron chi connectivity index (χ4n) is 2.38. The molecule has 23 heavy (non-hydrogen) atoms. The number of nitrogens with one attached hydrogen (secondary N) is 2. The van der Waals surface area contributed by atoms with Gasteiger partial charge in [0.2, 0.25) is 0 Å². The van der Waals surface area contributed by atoms with Crippen molar-refractivity contribution in [1.29, 1.82) is 0 Å². The van der Waals surface area contributed by atoms with Gasteiger partial charge in [0.25, 0.3) is 0 Å². The molecule has 1 aromatic heterocycles. The van der Waals surface area contributed by atoms with Crippen LogP contribution >= 0.6 is 0 Å². The number of hydrogen-bond acceptors (Lipinski definition) is 3. The number of hydrogen-bond donors (Lipinski definition) is 2. The Labute approximate surface area is 131 Å². The lowest BCUT2D eigenvalue weighted by Crippen LogP contribution is -2.39. The smallest absolute Gasteiger partial charge is 0.177 e. The first kappa shape index (κ1) is 14.9. The van der Waals surface area contributed by atoms with Gasteiger partial charge in [-0.15, -0.1) is 0 Å². The summed E-state index contributed by atoms with van der Waals surface area (Å²) in [6.45, 7) is 0. The van der Waals surface area contributed by atoms with E-state index in [1.165, 1.54) is 54.7 Å². The van der Waals surface area contributed by atoms with Crippen LogP contribution in [0.15, 0.2) is 60.9 Å². The first-order chi connectivity index (χ1) is 11.1. The van der Waals surface area contributed by atoms with Crippen LogP contribution in [0.1, 0.15) is 11.4 Å². The van der Waals surface area contributed by atoms with Crippen molar-refractivity contribution in [3.05, 3.63) is 83.9 Å². The molecule has 116 valence electrons. The molecular formula is C17H13F2N3O. The van der Waals surface area contributed by atoms with Gasteiger partial charge in [-0.3, -0.25) is 4.79 Å². The summed E-state index contributed by atoms with van der Waals surface area (Å²) in [5, 5.41) is 3.06. The molecule has 0 aliphatic heterocycles. The number of halogens is 2. The highest BCUT2D eigenvalue weighted by molar-refractivity contribution is 5.78. The molecule has 0 aliphatic carbocycles. The highest BCUT2D eigenvalue weighted by Crippen LogP contribution is 2.30. The molecule has 3 rings (SSSR count). The summed E-state index contributed by atoms with van der Waals surface area (Å²) in [5.74, 6) is -0.440. The first-order valence-corrected chi connectivity index (χ1v) is 6.90. The maximum Gasteiger partial charge on any atom is 0.177 e. The zero-order valence-electron chi connectivity index (χ0n) is 12.0. The van der Waals surface area contributed by atoms with Crippen LogP contribution in [0, 0.1) is 11.6 Å². The van der Waals surface area contributed by atoms with Crippen molar-refractivity contribution in [2.24, 2.45) is 0 Å². The third-order valence-electron chi connectivity index (χ3n) is 3.53. The van der Waals surface area contributed by atoms with Gasteiger partial charge < -0.3 is 10.3 Å². The normalized spacial score (nSPS) is 13.3. The van der Waals surface area contributed by atoms with E-state index in [-0.39, 0.29) is 5.82 Å². The van der Waals surface area contributed by atoms with E-state index in [0.29, 0.717) is 23.4 Å². The van der Waals surface area contributed by atoms with E-state index in [1.54, 1.807) is 6.20 Å². The zero-order chi connectivity index (χ0) is 16.3. The number of aromatic nitrogens is 2. The van der Waals surface area contributed by atoms with E-state index >= 15 is 0 Å². The van der Waals surface area contributed by atoms with E-state index in [2.05, 4.69) is 15.3 Å². The monoisotopic (exact) mass is 313 g/mol. The molecule has 3 aromatic rings. The molecule has 0 saturated carbocycles. The Hall–Kier alpha value is -3.02. The fourth-order valence-corrected chi connectivity index (χ4v) is 2.38. The molecule has 0 amide bonds. The van der Waals surface area contributed by atoms with Crippen LogP contribution < -0.4 is 5.32 Å². The topological polar surface area (TPSA) is 57.8 Å². The molecule has 0 radical (unpaired) electrons. The Bertz CT molecular complexity index is 786. The third-order valence-corrected chi connectivity index (χ3v) is 3.53. The lowest BCUT2D eigenvalue weighted by atomic mass is 9.90.